The van der Waals surface area contributed by atoms with Crippen LogP contribution in [0.5, 0.6) is 5.75 Å². The Morgan fingerprint density at radius 2 is 1.50 bits per heavy atom. The van der Waals surface area contributed by atoms with Gasteiger partial charge in [-0.3, -0.25) is 0 Å². The zero-order valence-electron chi connectivity index (χ0n) is 12.0. The molecule has 0 bridgehead atoms. The van der Waals surface area contributed by atoms with Gasteiger partial charge in [-0.25, -0.2) is 12.8 Å². The van der Waals surface area contributed by atoms with Crippen LogP contribution in [0.1, 0.15) is 11.1 Å². The van der Waals surface area contributed by atoms with E-state index in [4.69, 9.17) is 4.74 Å². The van der Waals surface area contributed by atoms with Crippen LogP contribution in [0.4, 0.5) is 8.78 Å². The Morgan fingerprint density at radius 3 is 2.00 bits per heavy atom. The molecule has 2 aromatic rings. The van der Waals surface area contributed by atoms with Crippen LogP contribution >= 0.6 is 0 Å². The van der Waals surface area contributed by atoms with Crippen LogP contribution in [-0.4, -0.2) is 15.5 Å². The third-order valence-corrected chi connectivity index (χ3v) is 4.63. The fraction of sp³-hybridized carbons (Fsp3) is 0.125. The van der Waals surface area contributed by atoms with E-state index >= 15 is 0 Å². The van der Waals surface area contributed by atoms with E-state index in [1.54, 1.807) is 6.92 Å². The molecule has 0 aromatic heterocycles. The quantitative estimate of drug-likeness (QED) is 0.852. The van der Waals surface area contributed by atoms with Gasteiger partial charge in [0.2, 0.25) is 9.84 Å². The molecule has 0 heterocycles. The highest BCUT2D eigenvalue weighted by atomic mass is 32.2. The summed E-state index contributed by atoms with van der Waals surface area (Å²) < 4.78 is 57.3. The number of benzene rings is 2. The first-order chi connectivity index (χ1) is 10.4. The van der Waals surface area contributed by atoms with Gasteiger partial charge in [0.25, 0.3) is 5.16 Å². The molecule has 2 rings (SSSR count). The summed E-state index contributed by atoms with van der Waals surface area (Å²) in [6.45, 7) is 1.76. The van der Waals surface area contributed by atoms with Crippen molar-refractivity contribution in [3.05, 3.63) is 64.8 Å². The van der Waals surface area contributed by atoms with E-state index in [2.05, 4.69) is 0 Å². The smallest absolute Gasteiger partial charge is 0.255 e. The van der Waals surface area contributed by atoms with Crippen molar-refractivity contribution in [1.82, 2.24) is 0 Å². The normalized spacial score (nSPS) is 12.7. The number of hydrogen-bond donors (Lipinski definition) is 0. The van der Waals surface area contributed by atoms with Gasteiger partial charge in [-0.05, 0) is 43.3 Å². The summed E-state index contributed by atoms with van der Waals surface area (Å²) in [4.78, 5) is -0.292. The van der Waals surface area contributed by atoms with E-state index in [0.29, 0.717) is 5.75 Å². The number of hydrogen-bond acceptors (Lipinski definition) is 3. The highest BCUT2D eigenvalue weighted by Crippen LogP contribution is 2.30. The summed E-state index contributed by atoms with van der Waals surface area (Å²) in [7, 11) is -3.08. The average Bonchev–Trinajstić information content (AvgIpc) is 2.54. The number of sulfone groups is 1. The predicted molar refractivity (Wildman–Crippen MR) is 80.5 cm³/mol. The first-order valence-electron chi connectivity index (χ1n) is 6.37. The molecule has 2 aromatic carbocycles. The number of methoxy groups -OCH3 is 1. The summed E-state index contributed by atoms with van der Waals surface area (Å²) in [5.74, 6) is -0.971. The van der Waals surface area contributed by atoms with E-state index < -0.39 is 20.8 Å². The van der Waals surface area contributed by atoms with Crippen LogP contribution in [0.25, 0.3) is 5.83 Å². The first-order valence-corrected chi connectivity index (χ1v) is 7.86. The molecular formula is C16H14F2O3S. The predicted octanol–water partition coefficient (Wildman–Crippen LogP) is 4.04. The molecule has 0 spiro atoms. The fourth-order valence-electron chi connectivity index (χ4n) is 1.79. The summed E-state index contributed by atoms with van der Waals surface area (Å²) >= 11 is 0. The lowest BCUT2D eigenvalue weighted by molar-refractivity contribution is 0.414. The molecule has 22 heavy (non-hydrogen) atoms. The molecule has 0 fully saturated rings. The maximum absolute atomic E-state index is 14.1. The van der Waals surface area contributed by atoms with Crippen LogP contribution in [-0.2, 0) is 9.84 Å². The number of halogens is 2. The minimum atomic E-state index is -4.51. The molecule has 0 aliphatic carbocycles. The van der Waals surface area contributed by atoms with Gasteiger partial charge in [-0.15, -0.1) is 0 Å². The largest absolute Gasteiger partial charge is 0.497 e. The van der Waals surface area contributed by atoms with Gasteiger partial charge >= 0.3 is 0 Å². The Kier molecular flexibility index (Phi) is 4.61. The van der Waals surface area contributed by atoms with Crippen molar-refractivity contribution in [1.29, 1.82) is 0 Å². The Morgan fingerprint density at radius 1 is 0.955 bits per heavy atom. The minimum absolute atomic E-state index is 0.172. The number of aryl methyl sites for hydroxylation is 1. The monoisotopic (exact) mass is 324 g/mol. The van der Waals surface area contributed by atoms with Crippen molar-refractivity contribution in [2.24, 2.45) is 0 Å². The van der Waals surface area contributed by atoms with Crippen molar-refractivity contribution >= 4 is 15.7 Å². The third-order valence-electron chi connectivity index (χ3n) is 3.08. The minimum Gasteiger partial charge on any atom is -0.497 e. The van der Waals surface area contributed by atoms with Gasteiger partial charge in [0.15, 0.2) is 5.83 Å². The van der Waals surface area contributed by atoms with E-state index in [1.807, 2.05) is 0 Å². The van der Waals surface area contributed by atoms with Gasteiger partial charge in [0.1, 0.15) is 5.75 Å². The number of rotatable bonds is 4. The van der Waals surface area contributed by atoms with Crippen LogP contribution in [0, 0.1) is 6.92 Å². The first kappa shape index (κ1) is 16.2. The molecule has 0 saturated heterocycles. The molecule has 6 heteroatoms. The second-order valence-corrected chi connectivity index (χ2v) is 6.47. The molecule has 0 amide bonds. The topological polar surface area (TPSA) is 43.4 Å². The van der Waals surface area contributed by atoms with Gasteiger partial charge in [0.05, 0.1) is 12.0 Å². The maximum atomic E-state index is 14.1. The standard InChI is InChI=1S/C16H14F2O3S/c1-11-3-9-14(10-4-11)22(19,20)16(18)15(17)12-5-7-13(21-2)8-6-12/h3-10H,1-2H3/b16-15-. The van der Waals surface area contributed by atoms with Gasteiger partial charge in [-0.2, -0.15) is 4.39 Å². The van der Waals surface area contributed by atoms with Gasteiger partial charge in [0, 0.05) is 5.56 Å². The lowest BCUT2D eigenvalue weighted by atomic mass is 10.2. The van der Waals surface area contributed by atoms with E-state index in [0.717, 1.165) is 5.56 Å². The van der Waals surface area contributed by atoms with E-state index in [1.165, 1.54) is 55.6 Å². The second-order valence-electron chi connectivity index (χ2n) is 4.63. The maximum Gasteiger partial charge on any atom is 0.255 e. The molecule has 3 nitrogen and oxygen atoms in total. The van der Waals surface area contributed by atoms with E-state index in [9.17, 15) is 17.2 Å². The second kappa shape index (κ2) is 6.27. The van der Waals surface area contributed by atoms with Crippen molar-refractivity contribution < 1.29 is 21.9 Å². The average molecular weight is 324 g/mol. The van der Waals surface area contributed by atoms with Crippen LogP contribution in [0.3, 0.4) is 0 Å². The summed E-state index contributed by atoms with van der Waals surface area (Å²) in [5.41, 5.74) is 0.646. The third kappa shape index (κ3) is 3.17. The Balaban J connectivity index is 2.46. The lowest BCUT2D eigenvalue weighted by Gasteiger charge is -2.05. The van der Waals surface area contributed by atoms with Crippen LogP contribution in [0.15, 0.2) is 58.6 Å². The molecular weight excluding hydrogens is 310 g/mol. The van der Waals surface area contributed by atoms with Crippen molar-refractivity contribution in [3.63, 3.8) is 0 Å². The Hall–Kier alpha value is -2.21. The molecule has 0 saturated carbocycles. The Bertz CT molecular complexity index is 792. The molecule has 0 aliphatic heterocycles. The summed E-state index contributed by atoms with van der Waals surface area (Å²) in [6, 6.07) is 10.9. The highest BCUT2D eigenvalue weighted by molar-refractivity contribution is 7.95. The van der Waals surface area contributed by atoms with Crippen molar-refractivity contribution in [2.75, 3.05) is 7.11 Å². The summed E-state index contributed by atoms with van der Waals surface area (Å²) in [6.07, 6.45) is 0. The van der Waals surface area contributed by atoms with Gasteiger partial charge in [-0.1, -0.05) is 17.7 Å². The lowest BCUT2D eigenvalue weighted by Crippen LogP contribution is -2.03. The molecule has 0 aliphatic rings. The zero-order chi connectivity index (χ0) is 16.3. The molecule has 116 valence electrons. The van der Waals surface area contributed by atoms with Gasteiger partial charge < -0.3 is 4.74 Å². The van der Waals surface area contributed by atoms with Crippen molar-refractivity contribution in [3.8, 4) is 5.75 Å². The van der Waals surface area contributed by atoms with Crippen LogP contribution in [0.2, 0.25) is 0 Å². The highest BCUT2D eigenvalue weighted by Gasteiger charge is 2.26. The Labute approximate surface area is 127 Å². The number of ether oxygens (including phenoxy) is 1. The van der Waals surface area contributed by atoms with E-state index in [-0.39, 0.29) is 10.5 Å². The fourth-order valence-corrected chi connectivity index (χ4v) is 2.84. The summed E-state index contributed by atoms with van der Waals surface area (Å²) in [5, 5.41) is -1.80. The SMILES string of the molecule is COc1ccc(/C(F)=C(\F)S(=O)(=O)c2ccc(C)cc2)cc1. The zero-order valence-corrected chi connectivity index (χ0v) is 12.8. The molecule has 0 atom stereocenters. The molecule has 0 N–H and O–H groups in total. The van der Waals surface area contributed by atoms with Crippen LogP contribution < -0.4 is 4.74 Å². The molecule has 0 unspecified atom stereocenters. The molecule has 0 radical (unpaired) electrons. The van der Waals surface area contributed by atoms with Crippen molar-refractivity contribution in [2.45, 2.75) is 11.8 Å².